The molecule has 0 saturated heterocycles. The van der Waals surface area contributed by atoms with E-state index in [-0.39, 0.29) is 12.8 Å². The van der Waals surface area contributed by atoms with Crippen molar-refractivity contribution >= 4 is 6.09 Å². The molecule has 1 fully saturated rings. The van der Waals surface area contributed by atoms with Crippen molar-refractivity contribution < 1.29 is 23.4 Å². The molecule has 1 saturated carbocycles. The van der Waals surface area contributed by atoms with Gasteiger partial charge >= 0.3 is 6.09 Å². The quantitative estimate of drug-likeness (QED) is 0.835. The summed E-state index contributed by atoms with van der Waals surface area (Å²) in [5.41, 5.74) is -2.75. The average molecular weight is 279 g/mol. The molecule has 0 atom stereocenters. The van der Waals surface area contributed by atoms with Gasteiger partial charge in [0.1, 0.15) is 11.2 Å². The summed E-state index contributed by atoms with van der Waals surface area (Å²) in [7, 11) is 0. The van der Waals surface area contributed by atoms with Crippen LogP contribution in [0.3, 0.4) is 0 Å². The Morgan fingerprint density at radius 3 is 2.26 bits per heavy atom. The van der Waals surface area contributed by atoms with Crippen molar-refractivity contribution in [1.29, 1.82) is 0 Å². The molecule has 1 amide bonds. The highest BCUT2D eigenvalue weighted by molar-refractivity contribution is 5.67. The highest BCUT2D eigenvalue weighted by atomic mass is 19.3. The Balaban J connectivity index is 2.52. The Morgan fingerprint density at radius 1 is 1.26 bits per heavy atom. The number of halogens is 2. The largest absolute Gasteiger partial charge is 0.444 e. The molecule has 2 N–H and O–H groups in total. The van der Waals surface area contributed by atoms with Gasteiger partial charge in [-0.1, -0.05) is 19.3 Å². The first-order valence-corrected chi connectivity index (χ1v) is 6.63. The second-order valence-electron chi connectivity index (χ2n) is 6.15. The fourth-order valence-electron chi connectivity index (χ4n) is 2.16. The number of hydrogen-bond donors (Lipinski definition) is 2. The van der Waals surface area contributed by atoms with Crippen LogP contribution in [0.5, 0.6) is 0 Å². The summed E-state index contributed by atoms with van der Waals surface area (Å²) in [5, 5.41) is 12.0. The van der Waals surface area contributed by atoms with Gasteiger partial charge in [-0.25, -0.2) is 13.6 Å². The molecule has 0 aromatic rings. The highest BCUT2D eigenvalue weighted by Gasteiger charge is 2.52. The van der Waals surface area contributed by atoms with Crippen molar-refractivity contribution in [3.8, 4) is 0 Å². The summed E-state index contributed by atoms with van der Waals surface area (Å²) in [5.74, 6) is -3.34. The Hall–Kier alpha value is -0.910. The van der Waals surface area contributed by atoms with Crippen LogP contribution in [0.1, 0.15) is 52.9 Å². The zero-order valence-electron chi connectivity index (χ0n) is 11.8. The van der Waals surface area contributed by atoms with E-state index in [1.807, 2.05) is 5.32 Å². The number of carbonyl (C=O) groups excluding carboxylic acids is 1. The van der Waals surface area contributed by atoms with Crippen molar-refractivity contribution in [3.05, 3.63) is 0 Å². The Morgan fingerprint density at radius 2 is 1.79 bits per heavy atom. The lowest BCUT2D eigenvalue weighted by Gasteiger charge is -2.38. The molecule has 1 rings (SSSR count). The first-order valence-electron chi connectivity index (χ1n) is 6.63. The number of carbonyl (C=O) groups is 1. The van der Waals surface area contributed by atoms with Crippen LogP contribution in [0, 0.1) is 0 Å². The molecule has 1 aliphatic carbocycles. The van der Waals surface area contributed by atoms with Crippen molar-refractivity contribution in [2.75, 3.05) is 6.54 Å². The van der Waals surface area contributed by atoms with Gasteiger partial charge in [0.15, 0.2) is 0 Å². The molecule has 112 valence electrons. The summed E-state index contributed by atoms with van der Waals surface area (Å²) in [6.07, 6.45) is 1.26. The normalized spacial score (nSPS) is 19.9. The second kappa shape index (κ2) is 5.61. The Bertz CT molecular complexity index is 320. The fraction of sp³-hybridized carbons (Fsp3) is 0.923. The van der Waals surface area contributed by atoms with Gasteiger partial charge < -0.3 is 15.2 Å². The molecule has 4 nitrogen and oxygen atoms in total. The van der Waals surface area contributed by atoms with E-state index in [0.717, 1.165) is 6.42 Å². The van der Waals surface area contributed by atoms with Gasteiger partial charge in [0, 0.05) is 0 Å². The van der Waals surface area contributed by atoms with E-state index in [1.54, 1.807) is 20.8 Å². The number of rotatable bonds is 3. The van der Waals surface area contributed by atoms with Crippen molar-refractivity contribution in [1.82, 2.24) is 5.32 Å². The smallest absolute Gasteiger partial charge is 0.407 e. The minimum atomic E-state index is -3.34. The van der Waals surface area contributed by atoms with Crippen LogP contribution in [0.25, 0.3) is 0 Å². The van der Waals surface area contributed by atoms with Gasteiger partial charge in [-0.15, -0.1) is 0 Å². The summed E-state index contributed by atoms with van der Waals surface area (Å²) >= 11 is 0. The third-order valence-corrected chi connectivity index (χ3v) is 3.22. The number of ether oxygens (including phenoxy) is 1. The average Bonchev–Trinajstić information content (AvgIpc) is 2.25. The molecule has 0 radical (unpaired) electrons. The fourth-order valence-corrected chi connectivity index (χ4v) is 2.16. The lowest BCUT2D eigenvalue weighted by molar-refractivity contribution is -0.191. The topological polar surface area (TPSA) is 58.6 Å². The molecule has 0 bridgehead atoms. The molecule has 0 aliphatic heterocycles. The lowest BCUT2D eigenvalue weighted by atomic mass is 9.80. The highest BCUT2D eigenvalue weighted by Crippen LogP contribution is 2.40. The maximum Gasteiger partial charge on any atom is 0.407 e. The van der Waals surface area contributed by atoms with Crippen molar-refractivity contribution in [2.24, 2.45) is 0 Å². The predicted molar refractivity (Wildman–Crippen MR) is 67.2 cm³/mol. The molecular formula is C13H23F2NO3. The van der Waals surface area contributed by atoms with Gasteiger partial charge in [0.05, 0.1) is 6.54 Å². The third kappa shape index (κ3) is 4.60. The van der Waals surface area contributed by atoms with E-state index >= 15 is 0 Å². The van der Waals surface area contributed by atoms with Crippen LogP contribution in [-0.2, 0) is 4.74 Å². The summed E-state index contributed by atoms with van der Waals surface area (Å²) in [4.78, 5) is 11.3. The maximum absolute atomic E-state index is 14.0. The van der Waals surface area contributed by atoms with Crippen LogP contribution < -0.4 is 5.32 Å². The number of aliphatic hydroxyl groups is 1. The standard InChI is InChI=1S/C13H23F2NO3/c1-11(2,3)19-10(17)16-9-13(14,15)12(18)7-5-4-6-8-12/h18H,4-9H2,1-3H3,(H,16,17). The molecule has 0 aromatic heterocycles. The van der Waals surface area contributed by atoms with Crippen LogP contribution in [0.15, 0.2) is 0 Å². The first kappa shape index (κ1) is 16.1. The predicted octanol–water partition coefficient (Wildman–Crippen LogP) is 2.84. The number of alkyl halides is 2. The monoisotopic (exact) mass is 279 g/mol. The molecular weight excluding hydrogens is 256 g/mol. The van der Waals surface area contributed by atoms with E-state index in [9.17, 15) is 18.7 Å². The Kier molecular flexibility index (Phi) is 4.76. The van der Waals surface area contributed by atoms with Crippen molar-refractivity contribution in [3.63, 3.8) is 0 Å². The van der Waals surface area contributed by atoms with Crippen LogP contribution >= 0.6 is 0 Å². The number of hydrogen-bond acceptors (Lipinski definition) is 3. The lowest BCUT2D eigenvalue weighted by Crippen LogP contribution is -2.55. The molecule has 1 aliphatic rings. The van der Waals surface area contributed by atoms with E-state index in [2.05, 4.69) is 0 Å². The second-order valence-corrected chi connectivity index (χ2v) is 6.15. The SMILES string of the molecule is CC(C)(C)OC(=O)NCC(F)(F)C1(O)CCCCC1. The molecule has 19 heavy (non-hydrogen) atoms. The van der Waals surface area contributed by atoms with E-state index in [0.29, 0.717) is 12.8 Å². The van der Waals surface area contributed by atoms with Gasteiger partial charge in [-0.05, 0) is 33.6 Å². The van der Waals surface area contributed by atoms with Crippen molar-refractivity contribution in [2.45, 2.75) is 70.0 Å². The minimum Gasteiger partial charge on any atom is -0.444 e. The molecule has 6 heteroatoms. The third-order valence-electron chi connectivity index (χ3n) is 3.22. The van der Waals surface area contributed by atoms with Gasteiger partial charge in [-0.2, -0.15) is 0 Å². The van der Waals surface area contributed by atoms with Crippen LogP contribution in [0.2, 0.25) is 0 Å². The van der Waals surface area contributed by atoms with E-state index in [4.69, 9.17) is 4.74 Å². The van der Waals surface area contributed by atoms with Crippen LogP contribution in [0.4, 0.5) is 13.6 Å². The molecule has 0 spiro atoms. The molecule has 0 unspecified atom stereocenters. The Labute approximate surface area is 112 Å². The summed E-state index contributed by atoms with van der Waals surface area (Å²) in [6.45, 7) is 4.05. The summed E-state index contributed by atoms with van der Waals surface area (Å²) in [6, 6.07) is 0. The number of amides is 1. The van der Waals surface area contributed by atoms with Gasteiger partial charge in [-0.3, -0.25) is 0 Å². The minimum absolute atomic E-state index is 0.0655. The zero-order valence-corrected chi connectivity index (χ0v) is 11.8. The zero-order chi connectivity index (χ0) is 14.7. The molecule has 0 heterocycles. The molecule has 0 aromatic carbocycles. The number of alkyl carbamates (subject to hydrolysis) is 1. The van der Waals surface area contributed by atoms with Crippen LogP contribution in [-0.4, -0.2) is 34.9 Å². The van der Waals surface area contributed by atoms with Gasteiger partial charge in [0.2, 0.25) is 0 Å². The van der Waals surface area contributed by atoms with Gasteiger partial charge in [0.25, 0.3) is 5.92 Å². The summed E-state index contributed by atoms with van der Waals surface area (Å²) < 4.78 is 32.8. The maximum atomic E-state index is 14.0. The number of nitrogens with one attached hydrogen (secondary N) is 1. The first-order chi connectivity index (χ1) is 8.56. The van der Waals surface area contributed by atoms with E-state index in [1.165, 1.54) is 0 Å². The van der Waals surface area contributed by atoms with E-state index < -0.39 is 29.8 Å².